The molecule has 3 heteroatoms. The summed E-state index contributed by atoms with van der Waals surface area (Å²) in [5.41, 5.74) is 6.82. The molecule has 0 aromatic carbocycles. The molecule has 0 amide bonds. The Kier molecular flexibility index (Phi) is 3.19. The summed E-state index contributed by atoms with van der Waals surface area (Å²) in [6, 6.07) is 0. The van der Waals surface area contributed by atoms with Gasteiger partial charge < -0.3 is 10.3 Å². The van der Waals surface area contributed by atoms with Crippen LogP contribution >= 0.6 is 0 Å². The van der Waals surface area contributed by atoms with Gasteiger partial charge in [0.15, 0.2) is 0 Å². The van der Waals surface area contributed by atoms with E-state index in [2.05, 4.69) is 9.55 Å². The minimum atomic E-state index is 0.717. The fourth-order valence-corrected chi connectivity index (χ4v) is 2.01. The highest BCUT2D eigenvalue weighted by molar-refractivity contribution is 4.98. The number of aryl methyl sites for hydroxylation is 1. The summed E-state index contributed by atoms with van der Waals surface area (Å²) in [5.74, 6) is 0.975. The van der Waals surface area contributed by atoms with Crippen molar-refractivity contribution in [1.29, 1.82) is 0 Å². The number of hydrogen-bond acceptors (Lipinski definition) is 2. The predicted octanol–water partition coefficient (Wildman–Crippen LogP) is 1.57. The minimum Gasteiger partial charge on any atom is -0.335 e. The number of hydrogen-bond donors (Lipinski definition) is 1. The summed E-state index contributed by atoms with van der Waals surface area (Å²) < 4.78 is 2.26. The SMILES string of the molecule is NCCc1cncn1CCC1CCC1. The van der Waals surface area contributed by atoms with Crippen LogP contribution in [0.1, 0.15) is 31.4 Å². The van der Waals surface area contributed by atoms with Gasteiger partial charge in [-0.3, -0.25) is 0 Å². The first kappa shape index (κ1) is 9.71. The van der Waals surface area contributed by atoms with Gasteiger partial charge in [-0.1, -0.05) is 19.3 Å². The van der Waals surface area contributed by atoms with Crippen molar-refractivity contribution in [3.05, 3.63) is 18.2 Å². The van der Waals surface area contributed by atoms with Crippen LogP contribution in [0.4, 0.5) is 0 Å². The molecule has 2 N–H and O–H groups in total. The summed E-state index contributed by atoms with van der Waals surface area (Å²) in [4.78, 5) is 4.17. The van der Waals surface area contributed by atoms with Crippen molar-refractivity contribution >= 4 is 0 Å². The lowest BCUT2D eigenvalue weighted by atomic mass is 9.83. The van der Waals surface area contributed by atoms with Crippen molar-refractivity contribution in [2.45, 2.75) is 38.6 Å². The molecule has 2 rings (SSSR count). The predicted molar refractivity (Wildman–Crippen MR) is 56.9 cm³/mol. The molecule has 1 aromatic heterocycles. The molecule has 14 heavy (non-hydrogen) atoms. The molecular formula is C11H19N3. The molecule has 0 unspecified atom stereocenters. The van der Waals surface area contributed by atoms with Crippen molar-refractivity contribution in [2.24, 2.45) is 11.7 Å². The second-order valence-electron chi connectivity index (χ2n) is 4.20. The van der Waals surface area contributed by atoms with Crippen molar-refractivity contribution in [3.63, 3.8) is 0 Å². The lowest BCUT2D eigenvalue weighted by Gasteiger charge is -2.25. The van der Waals surface area contributed by atoms with E-state index in [0.29, 0.717) is 0 Å². The van der Waals surface area contributed by atoms with Gasteiger partial charge in [0.2, 0.25) is 0 Å². The van der Waals surface area contributed by atoms with E-state index in [4.69, 9.17) is 5.73 Å². The van der Waals surface area contributed by atoms with E-state index in [-0.39, 0.29) is 0 Å². The highest BCUT2D eigenvalue weighted by Gasteiger charge is 2.17. The number of nitrogens with two attached hydrogens (primary N) is 1. The molecule has 0 spiro atoms. The van der Waals surface area contributed by atoms with Crippen LogP contribution in [0.15, 0.2) is 12.5 Å². The average Bonchev–Trinajstić information content (AvgIpc) is 2.51. The van der Waals surface area contributed by atoms with Gasteiger partial charge in [-0.25, -0.2) is 4.98 Å². The second-order valence-corrected chi connectivity index (χ2v) is 4.20. The highest BCUT2D eigenvalue weighted by Crippen LogP contribution is 2.29. The van der Waals surface area contributed by atoms with Crippen molar-refractivity contribution < 1.29 is 0 Å². The zero-order valence-electron chi connectivity index (χ0n) is 8.65. The zero-order chi connectivity index (χ0) is 9.80. The molecule has 78 valence electrons. The van der Waals surface area contributed by atoms with E-state index in [1.807, 2.05) is 12.5 Å². The first-order valence-electron chi connectivity index (χ1n) is 5.59. The van der Waals surface area contributed by atoms with E-state index in [1.165, 1.54) is 31.4 Å². The Morgan fingerprint density at radius 3 is 3.00 bits per heavy atom. The lowest BCUT2D eigenvalue weighted by Crippen LogP contribution is -2.15. The third kappa shape index (κ3) is 2.15. The highest BCUT2D eigenvalue weighted by atomic mass is 15.0. The van der Waals surface area contributed by atoms with Crippen LogP contribution in [-0.4, -0.2) is 16.1 Å². The summed E-state index contributed by atoms with van der Waals surface area (Å²) in [6.07, 6.45) is 10.4. The largest absolute Gasteiger partial charge is 0.335 e. The molecule has 1 heterocycles. The Morgan fingerprint density at radius 1 is 1.50 bits per heavy atom. The van der Waals surface area contributed by atoms with E-state index in [9.17, 15) is 0 Å². The van der Waals surface area contributed by atoms with Crippen molar-refractivity contribution in [1.82, 2.24) is 9.55 Å². The van der Waals surface area contributed by atoms with E-state index < -0.39 is 0 Å². The molecule has 1 fully saturated rings. The summed E-state index contributed by atoms with van der Waals surface area (Å²) in [5, 5.41) is 0. The molecule has 1 aliphatic carbocycles. The third-order valence-corrected chi connectivity index (χ3v) is 3.20. The monoisotopic (exact) mass is 193 g/mol. The standard InChI is InChI=1S/C11H19N3/c12-6-4-11-8-13-9-14(11)7-5-10-2-1-3-10/h8-10H,1-7,12H2. The maximum absolute atomic E-state index is 5.54. The maximum atomic E-state index is 5.54. The molecule has 0 aliphatic heterocycles. The van der Waals surface area contributed by atoms with Crippen LogP contribution < -0.4 is 5.73 Å². The Labute approximate surface area is 85.3 Å². The summed E-state index contributed by atoms with van der Waals surface area (Å²) in [6.45, 7) is 1.84. The van der Waals surface area contributed by atoms with Gasteiger partial charge in [-0.05, 0) is 18.9 Å². The smallest absolute Gasteiger partial charge is 0.0948 e. The van der Waals surface area contributed by atoms with Gasteiger partial charge in [-0.2, -0.15) is 0 Å². The second kappa shape index (κ2) is 4.60. The van der Waals surface area contributed by atoms with Crippen molar-refractivity contribution in [2.75, 3.05) is 6.54 Å². The van der Waals surface area contributed by atoms with E-state index in [1.54, 1.807) is 0 Å². The Morgan fingerprint density at radius 2 is 2.36 bits per heavy atom. The lowest BCUT2D eigenvalue weighted by molar-refractivity contribution is 0.281. The summed E-state index contributed by atoms with van der Waals surface area (Å²) in [7, 11) is 0. The van der Waals surface area contributed by atoms with E-state index >= 15 is 0 Å². The quantitative estimate of drug-likeness (QED) is 0.771. The van der Waals surface area contributed by atoms with Crippen LogP contribution in [-0.2, 0) is 13.0 Å². The van der Waals surface area contributed by atoms with Gasteiger partial charge in [0.05, 0.1) is 6.33 Å². The molecule has 1 aromatic rings. The van der Waals surface area contributed by atoms with Crippen LogP contribution in [0.3, 0.4) is 0 Å². The molecule has 1 saturated carbocycles. The first-order chi connectivity index (χ1) is 6.90. The zero-order valence-corrected chi connectivity index (χ0v) is 8.65. The van der Waals surface area contributed by atoms with Gasteiger partial charge in [0, 0.05) is 24.9 Å². The van der Waals surface area contributed by atoms with Crippen molar-refractivity contribution in [3.8, 4) is 0 Å². The average molecular weight is 193 g/mol. The van der Waals surface area contributed by atoms with Gasteiger partial charge >= 0.3 is 0 Å². The molecule has 0 atom stereocenters. The molecule has 3 nitrogen and oxygen atoms in total. The minimum absolute atomic E-state index is 0.717. The molecule has 0 saturated heterocycles. The Balaban J connectivity index is 1.84. The van der Waals surface area contributed by atoms with Crippen LogP contribution in [0.2, 0.25) is 0 Å². The summed E-state index contributed by atoms with van der Waals surface area (Å²) >= 11 is 0. The third-order valence-electron chi connectivity index (χ3n) is 3.20. The fraction of sp³-hybridized carbons (Fsp3) is 0.727. The number of rotatable bonds is 5. The molecule has 0 radical (unpaired) electrons. The Hall–Kier alpha value is -0.830. The number of imidazole rings is 1. The van der Waals surface area contributed by atoms with Gasteiger partial charge in [0.1, 0.15) is 0 Å². The fourth-order valence-electron chi connectivity index (χ4n) is 2.01. The topological polar surface area (TPSA) is 43.8 Å². The molecule has 1 aliphatic rings. The molecule has 0 bridgehead atoms. The number of aromatic nitrogens is 2. The van der Waals surface area contributed by atoms with Crippen LogP contribution in [0.25, 0.3) is 0 Å². The maximum Gasteiger partial charge on any atom is 0.0948 e. The van der Waals surface area contributed by atoms with Crippen LogP contribution in [0, 0.1) is 5.92 Å². The van der Waals surface area contributed by atoms with E-state index in [0.717, 1.165) is 25.4 Å². The molecular weight excluding hydrogens is 174 g/mol. The van der Waals surface area contributed by atoms with Gasteiger partial charge in [-0.15, -0.1) is 0 Å². The Bertz CT molecular complexity index is 276. The van der Waals surface area contributed by atoms with Gasteiger partial charge in [0.25, 0.3) is 0 Å². The first-order valence-corrected chi connectivity index (χ1v) is 5.59. The number of nitrogens with zero attached hydrogens (tertiary/aromatic N) is 2. The normalized spacial score (nSPS) is 16.9. The van der Waals surface area contributed by atoms with Crippen LogP contribution in [0.5, 0.6) is 0 Å².